The highest BCUT2D eigenvalue weighted by atomic mass is 16.5. The summed E-state index contributed by atoms with van der Waals surface area (Å²) in [7, 11) is 0. The van der Waals surface area contributed by atoms with Crippen molar-refractivity contribution in [2.75, 3.05) is 18.5 Å². The third-order valence-corrected chi connectivity index (χ3v) is 6.77. The molecule has 1 aliphatic carbocycles. The summed E-state index contributed by atoms with van der Waals surface area (Å²) in [6.45, 7) is 4.69. The molecular formula is C25H33N5O4. The molecule has 0 spiro atoms. The van der Waals surface area contributed by atoms with Crippen LogP contribution < -0.4 is 10.6 Å². The maximum absolute atomic E-state index is 12.6. The number of aliphatic carboxylic acids is 1. The van der Waals surface area contributed by atoms with E-state index in [0.29, 0.717) is 22.9 Å². The predicted octanol–water partition coefficient (Wildman–Crippen LogP) is 2.85. The molecule has 0 bridgehead atoms. The minimum absolute atomic E-state index is 0.153. The van der Waals surface area contributed by atoms with Crippen molar-refractivity contribution in [2.45, 2.75) is 70.9 Å². The summed E-state index contributed by atoms with van der Waals surface area (Å²) < 4.78 is 5.89. The Balaban J connectivity index is 1.17. The fourth-order valence-corrected chi connectivity index (χ4v) is 4.67. The number of hydrogen-bond donors (Lipinski definition) is 3. The van der Waals surface area contributed by atoms with Crippen LogP contribution in [0.15, 0.2) is 18.5 Å². The lowest BCUT2D eigenvalue weighted by Crippen LogP contribution is -2.42. The quantitative estimate of drug-likeness (QED) is 0.487. The number of carbonyl (C=O) groups is 2. The average molecular weight is 468 g/mol. The number of carboxylic acid groups (broad SMARTS) is 1. The number of fused-ring (bicyclic) bond motifs is 1. The second kappa shape index (κ2) is 10.9. The van der Waals surface area contributed by atoms with Crippen LogP contribution in [0.4, 0.5) is 5.82 Å². The van der Waals surface area contributed by atoms with E-state index in [1.807, 2.05) is 0 Å². The molecule has 9 nitrogen and oxygen atoms in total. The Hall–Kier alpha value is -3.07. The summed E-state index contributed by atoms with van der Waals surface area (Å²) in [5.41, 5.74) is 3.80. The SMILES string of the molecule is Cc1ncnc(C)c1C(=O)N[C@@H](CCOC1CC(CCc2ccc3c(n2)NCCC3)C1)C(=O)O. The third kappa shape index (κ3) is 5.88. The first-order valence-electron chi connectivity index (χ1n) is 12.1. The number of rotatable bonds is 10. The second-order valence-electron chi connectivity index (χ2n) is 9.28. The Morgan fingerprint density at radius 1 is 1.24 bits per heavy atom. The molecule has 0 aromatic carbocycles. The highest BCUT2D eigenvalue weighted by Gasteiger charge is 2.30. The largest absolute Gasteiger partial charge is 0.480 e. The van der Waals surface area contributed by atoms with Crippen molar-refractivity contribution in [3.63, 3.8) is 0 Å². The van der Waals surface area contributed by atoms with Gasteiger partial charge in [-0.1, -0.05) is 6.07 Å². The van der Waals surface area contributed by atoms with Gasteiger partial charge >= 0.3 is 5.97 Å². The lowest BCUT2D eigenvalue weighted by molar-refractivity contribution is -0.140. The zero-order valence-corrected chi connectivity index (χ0v) is 19.8. The monoisotopic (exact) mass is 467 g/mol. The number of anilines is 1. The molecule has 34 heavy (non-hydrogen) atoms. The lowest BCUT2D eigenvalue weighted by Gasteiger charge is -2.35. The maximum atomic E-state index is 12.6. The maximum Gasteiger partial charge on any atom is 0.326 e. The van der Waals surface area contributed by atoms with E-state index < -0.39 is 17.9 Å². The first-order valence-corrected chi connectivity index (χ1v) is 12.1. The van der Waals surface area contributed by atoms with Crippen LogP contribution in [0.1, 0.15) is 65.1 Å². The molecule has 0 unspecified atom stereocenters. The first-order chi connectivity index (χ1) is 16.4. The normalized spacial score (nSPS) is 19.9. The van der Waals surface area contributed by atoms with Gasteiger partial charge < -0.3 is 20.5 Å². The molecule has 0 saturated heterocycles. The van der Waals surface area contributed by atoms with Crippen LogP contribution in [0.3, 0.4) is 0 Å². The van der Waals surface area contributed by atoms with Gasteiger partial charge in [0.15, 0.2) is 0 Å². The Labute approximate surface area is 199 Å². The van der Waals surface area contributed by atoms with Crippen molar-refractivity contribution in [3.8, 4) is 0 Å². The molecule has 0 radical (unpaired) electrons. The van der Waals surface area contributed by atoms with E-state index in [0.717, 1.165) is 50.2 Å². The number of pyridine rings is 1. The molecule has 2 aromatic rings. The third-order valence-electron chi connectivity index (χ3n) is 6.77. The summed E-state index contributed by atoms with van der Waals surface area (Å²) in [6, 6.07) is 3.32. The average Bonchev–Trinajstić information content (AvgIpc) is 2.78. The van der Waals surface area contributed by atoms with E-state index in [9.17, 15) is 14.7 Å². The number of hydrogen-bond acceptors (Lipinski definition) is 7. The van der Waals surface area contributed by atoms with Crippen molar-refractivity contribution in [1.29, 1.82) is 0 Å². The van der Waals surface area contributed by atoms with Crippen molar-refractivity contribution in [1.82, 2.24) is 20.3 Å². The molecule has 3 N–H and O–H groups in total. The zero-order chi connectivity index (χ0) is 24.1. The topological polar surface area (TPSA) is 126 Å². The molecule has 1 saturated carbocycles. The standard InChI is InChI=1S/C25H33N5O4/c1-15-22(16(2)28-14-27-15)24(31)30-21(25(32)33)9-11-34-20-12-17(13-20)5-7-19-8-6-18-4-3-10-26-23(18)29-19/h6,8,14,17,20-21H,3-5,7,9-13H2,1-2H3,(H,26,29)(H,30,31)(H,32,33)/t17?,20?,21-/m0/s1. The van der Waals surface area contributed by atoms with Crippen LogP contribution in [-0.2, 0) is 22.4 Å². The van der Waals surface area contributed by atoms with Gasteiger partial charge in [-0.3, -0.25) is 4.79 Å². The molecule has 2 aliphatic rings. The number of aromatic nitrogens is 3. The fraction of sp³-hybridized carbons (Fsp3) is 0.560. The molecular weight excluding hydrogens is 434 g/mol. The van der Waals surface area contributed by atoms with Crippen LogP contribution in [0.2, 0.25) is 0 Å². The van der Waals surface area contributed by atoms with E-state index in [1.54, 1.807) is 13.8 Å². The molecule has 1 aliphatic heterocycles. The van der Waals surface area contributed by atoms with Gasteiger partial charge in [0.2, 0.25) is 0 Å². The fourth-order valence-electron chi connectivity index (χ4n) is 4.67. The van der Waals surface area contributed by atoms with Gasteiger partial charge in [-0.25, -0.2) is 19.7 Å². The van der Waals surface area contributed by atoms with Crippen LogP contribution in [0, 0.1) is 19.8 Å². The number of carboxylic acids is 1. The van der Waals surface area contributed by atoms with Gasteiger partial charge in [0.25, 0.3) is 5.91 Å². The molecule has 1 amide bonds. The molecule has 3 heterocycles. The van der Waals surface area contributed by atoms with Gasteiger partial charge in [0.1, 0.15) is 18.2 Å². The van der Waals surface area contributed by atoms with Crippen molar-refractivity contribution >= 4 is 17.7 Å². The molecule has 4 rings (SSSR count). The number of carbonyl (C=O) groups excluding carboxylic acids is 1. The molecule has 1 fully saturated rings. The van der Waals surface area contributed by atoms with Crippen LogP contribution in [-0.4, -0.2) is 57.2 Å². The summed E-state index contributed by atoms with van der Waals surface area (Å²) in [4.78, 5) is 37.0. The van der Waals surface area contributed by atoms with E-state index in [4.69, 9.17) is 9.72 Å². The first kappa shape index (κ1) is 24.1. The number of ether oxygens (including phenoxy) is 1. The number of nitrogens with one attached hydrogen (secondary N) is 2. The van der Waals surface area contributed by atoms with Gasteiger partial charge in [-0.05, 0) is 69.9 Å². The van der Waals surface area contributed by atoms with Crippen LogP contribution >= 0.6 is 0 Å². The Kier molecular flexibility index (Phi) is 7.72. The van der Waals surface area contributed by atoms with Gasteiger partial charge in [-0.15, -0.1) is 0 Å². The molecule has 9 heteroatoms. The van der Waals surface area contributed by atoms with E-state index in [-0.39, 0.29) is 19.1 Å². The van der Waals surface area contributed by atoms with Gasteiger partial charge in [0.05, 0.1) is 23.1 Å². The summed E-state index contributed by atoms with van der Waals surface area (Å²) >= 11 is 0. The lowest BCUT2D eigenvalue weighted by atomic mass is 9.79. The molecule has 1 atom stereocenters. The Morgan fingerprint density at radius 2 is 2.00 bits per heavy atom. The predicted molar refractivity (Wildman–Crippen MR) is 127 cm³/mol. The van der Waals surface area contributed by atoms with E-state index in [2.05, 4.69) is 32.7 Å². The summed E-state index contributed by atoms with van der Waals surface area (Å²) in [5, 5.41) is 15.5. The number of amides is 1. The zero-order valence-electron chi connectivity index (χ0n) is 19.8. The Morgan fingerprint density at radius 3 is 2.74 bits per heavy atom. The van der Waals surface area contributed by atoms with E-state index in [1.165, 1.54) is 18.3 Å². The number of aryl methyl sites for hydroxylation is 4. The van der Waals surface area contributed by atoms with Crippen molar-refractivity contribution in [2.24, 2.45) is 5.92 Å². The van der Waals surface area contributed by atoms with Gasteiger partial charge in [0, 0.05) is 25.3 Å². The van der Waals surface area contributed by atoms with E-state index >= 15 is 0 Å². The molecule has 182 valence electrons. The highest BCUT2D eigenvalue weighted by molar-refractivity contribution is 5.98. The van der Waals surface area contributed by atoms with Gasteiger partial charge in [-0.2, -0.15) is 0 Å². The summed E-state index contributed by atoms with van der Waals surface area (Å²) in [5.74, 6) is 0.0962. The highest BCUT2D eigenvalue weighted by Crippen LogP contribution is 2.34. The van der Waals surface area contributed by atoms with Crippen molar-refractivity contribution < 1.29 is 19.4 Å². The minimum atomic E-state index is -1.08. The van der Waals surface area contributed by atoms with Crippen LogP contribution in [0.5, 0.6) is 0 Å². The van der Waals surface area contributed by atoms with Crippen LogP contribution in [0.25, 0.3) is 0 Å². The smallest absolute Gasteiger partial charge is 0.326 e. The van der Waals surface area contributed by atoms with Crippen molar-refractivity contribution in [3.05, 3.63) is 46.7 Å². The number of nitrogens with zero attached hydrogens (tertiary/aromatic N) is 3. The minimum Gasteiger partial charge on any atom is -0.480 e. The summed E-state index contributed by atoms with van der Waals surface area (Å²) in [6.07, 6.45) is 8.01. The Bertz CT molecular complexity index is 1020. The second-order valence-corrected chi connectivity index (χ2v) is 9.28. The molecule has 2 aromatic heterocycles.